The molecule has 3 heteroatoms. The molecule has 0 radical (unpaired) electrons. The molecule has 0 aliphatic rings. The fourth-order valence-corrected chi connectivity index (χ4v) is 1.08. The van der Waals surface area contributed by atoms with E-state index in [4.69, 9.17) is 14.6 Å². The zero-order chi connectivity index (χ0) is 10.4. The summed E-state index contributed by atoms with van der Waals surface area (Å²) in [6.07, 6.45) is 0.294. The molecule has 0 saturated heterocycles. The van der Waals surface area contributed by atoms with Gasteiger partial charge in [-0.2, -0.15) is 0 Å². The number of rotatable bonds is 5. The summed E-state index contributed by atoms with van der Waals surface area (Å²) < 4.78 is 10.6. The second-order valence-electron chi connectivity index (χ2n) is 3.14. The molecule has 1 aromatic carbocycles. The van der Waals surface area contributed by atoms with Crippen LogP contribution < -0.4 is 9.47 Å². The van der Waals surface area contributed by atoms with Gasteiger partial charge >= 0.3 is 0 Å². The summed E-state index contributed by atoms with van der Waals surface area (Å²) in [5.41, 5.74) is 0. The lowest BCUT2D eigenvalue weighted by atomic mass is 10.3. The fourth-order valence-electron chi connectivity index (χ4n) is 1.08. The zero-order valence-corrected chi connectivity index (χ0v) is 8.56. The first-order valence-corrected chi connectivity index (χ1v) is 4.68. The molecular formula is C11H16O3. The second-order valence-corrected chi connectivity index (χ2v) is 3.14. The lowest BCUT2D eigenvalue weighted by Gasteiger charge is -2.10. The monoisotopic (exact) mass is 196 g/mol. The van der Waals surface area contributed by atoms with Crippen molar-refractivity contribution in [3.8, 4) is 11.5 Å². The van der Waals surface area contributed by atoms with Crippen LogP contribution in [0.25, 0.3) is 0 Å². The van der Waals surface area contributed by atoms with Crippen molar-refractivity contribution in [1.82, 2.24) is 0 Å². The summed E-state index contributed by atoms with van der Waals surface area (Å²) in [5.74, 6) is 1.44. The Balaban J connectivity index is 2.49. The number of hydrogen-bond donors (Lipinski definition) is 1. The van der Waals surface area contributed by atoms with Gasteiger partial charge in [0.15, 0.2) is 11.5 Å². The van der Waals surface area contributed by atoms with Gasteiger partial charge in [-0.25, -0.2) is 0 Å². The van der Waals surface area contributed by atoms with E-state index in [-0.39, 0.29) is 6.10 Å². The number of benzene rings is 1. The van der Waals surface area contributed by atoms with Crippen molar-refractivity contribution in [2.24, 2.45) is 0 Å². The molecule has 1 unspecified atom stereocenters. The Labute approximate surface area is 84.3 Å². The molecule has 0 amide bonds. The van der Waals surface area contributed by atoms with E-state index in [1.54, 1.807) is 14.0 Å². The van der Waals surface area contributed by atoms with Gasteiger partial charge in [-0.15, -0.1) is 0 Å². The van der Waals surface area contributed by atoms with Crippen LogP contribution in [0.3, 0.4) is 0 Å². The number of aliphatic hydroxyl groups excluding tert-OH is 1. The van der Waals surface area contributed by atoms with Crippen molar-refractivity contribution in [2.45, 2.75) is 19.4 Å². The summed E-state index contributed by atoms with van der Waals surface area (Å²) in [4.78, 5) is 0. The van der Waals surface area contributed by atoms with Crippen LogP contribution in [-0.4, -0.2) is 24.9 Å². The van der Waals surface area contributed by atoms with E-state index in [0.717, 1.165) is 11.5 Å². The Morgan fingerprint density at radius 3 is 2.50 bits per heavy atom. The van der Waals surface area contributed by atoms with Gasteiger partial charge in [0.1, 0.15) is 0 Å². The molecule has 0 bridgehead atoms. The summed E-state index contributed by atoms with van der Waals surface area (Å²) >= 11 is 0. The normalized spacial score (nSPS) is 12.2. The molecule has 1 N–H and O–H groups in total. The average Bonchev–Trinajstić information content (AvgIpc) is 2.18. The van der Waals surface area contributed by atoms with Crippen molar-refractivity contribution < 1.29 is 14.6 Å². The van der Waals surface area contributed by atoms with Gasteiger partial charge in [0.05, 0.1) is 19.8 Å². The zero-order valence-electron chi connectivity index (χ0n) is 8.56. The van der Waals surface area contributed by atoms with Crippen LogP contribution in [-0.2, 0) is 0 Å². The molecule has 78 valence electrons. The van der Waals surface area contributed by atoms with E-state index in [0.29, 0.717) is 13.0 Å². The van der Waals surface area contributed by atoms with E-state index < -0.39 is 0 Å². The molecule has 0 aliphatic carbocycles. The quantitative estimate of drug-likeness (QED) is 0.781. The Morgan fingerprint density at radius 2 is 1.93 bits per heavy atom. The Morgan fingerprint density at radius 1 is 1.29 bits per heavy atom. The highest BCUT2D eigenvalue weighted by molar-refractivity contribution is 5.39. The van der Waals surface area contributed by atoms with Gasteiger partial charge in [-0.05, 0) is 19.1 Å². The number of para-hydroxylation sites is 2. The predicted octanol–water partition coefficient (Wildman–Crippen LogP) is 1.84. The molecule has 1 aromatic rings. The molecule has 0 aliphatic heterocycles. The molecule has 14 heavy (non-hydrogen) atoms. The number of aliphatic hydroxyl groups is 1. The molecule has 0 spiro atoms. The number of hydrogen-bond acceptors (Lipinski definition) is 3. The molecule has 1 atom stereocenters. The maximum atomic E-state index is 9.05. The lowest BCUT2D eigenvalue weighted by Crippen LogP contribution is -2.07. The molecule has 3 nitrogen and oxygen atoms in total. The third kappa shape index (κ3) is 3.26. The van der Waals surface area contributed by atoms with Crippen molar-refractivity contribution in [2.75, 3.05) is 13.7 Å². The third-order valence-corrected chi connectivity index (χ3v) is 1.86. The van der Waals surface area contributed by atoms with Crippen LogP contribution in [0.4, 0.5) is 0 Å². The summed E-state index contributed by atoms with van der Waals surface area (Å²) in [6, 6.07) is 7.47. The highest BCUT2D eigenvalue weighted by atomic mass is 16.5. The van der Waals surface area contributed by atoms with Gasteiger partial charge < -0.3 is 14.6 Å². The summed E-state index contributed by atoms with van der Waals surface area (Å²) in [5, 5.41) is 9.05. The van der Waals surface area contributed by atoms with Gasteiger partial charge in [0.2, 0.25) is 0 Å². The Bertz CT molecular complexity index is 271. The van der Waals surface area contributed by atoms with Crippen molar-refractivity contribution >= 4 is 0 Å². The Hall–Kier alpha value is -1.22. The van der Waals surface area contributed by atoms with Crippen molar-refractivity contribution in [3.05, 3.63) is 24.3 Å². The molecular weight excluding hydrogens is 180 g/mol. The van der Waals surface area contributed by atoms with Gasteiger partial charge in [0, 0.05) is 6.42 Å². The first kappa shape index (κ1) is 10.9. The average molecular weight is 196 g/mol. The smallest absolute Gasteiger partial charge is 0.161 e. The maximum absolute atomic E-state index is 9.05. The largest absolute Gasteiger partial charge is 0.493 e. The lowest BCUT2D eigenvalue weighted by molar-refractivity contribution is 0.154. The highest BCUT2D eigenvalue weighted by Gasteiger charge is 2.02. The van der Waals surface area contributed by atoms with Crippen LogP contribution in [0.15, 0.2) is 24.3 Å². The molecule has 0 aromatic heterocycles. The van der Waals surface area contributed by atoms with Crippen LogP contribution in [0, 0.1) is 0 Å². The van der Waals surface area contributed by atoms with Crippen molar-refractivity contribution in [3.63, 3.8) is 0 Å². The van der Waals surface area contributed by atoms with Gasteiger partial charge in [-0.3, -0.25) is 0 Å². The molecule has 0 heterocycles. The van der Waals surface area contributed by atoms with Crippen LogP contribution in [0.1, 0.15) is 13.3 Å². The molecule has 1 rings (SSSR count). The first-order valence-electron chi connectivity index (χ1n) is 4.68. The van der Waals surface area contributed by atoms with E-state index in [1.807, 2.05) is 24.3 Å². The predicted molar refractivity (Wildman–Crippen MR) is 54.8 cm³/mol. The standard InChI is InChI=1S/C11H16O3/c1-9(12)7-8-14-11-6-4-3-5-10(11)13-2/h3-6,9,12H,7-8H2,1-2H3. The molecule has 0 fully saturated rings. The third-order valence-electron chi connectivity index (χ3n) is 1.86. The van der Waals surface area contributed by atoms with E-state index in [9.17, 15) is 0 Å². The summed E-state index contributed by atoms with van der Waals surface area (Å²) in [6.45, 7) is 2.24. The Kier molecular flexibility index (Phi) is 4.26. The van der Waals surface area contributed by atoms with Gasteiger partial charge in [-0.1, -0.05) is 12.1 Å². The summed E-state index contributed by atoms with van der Waals surface area (Å²) in [7, 11) is 1.61. The van der Waals surface area contributed by atoms with Crippen molar-refractivity contribution in [1.29, 1.82) is 0 Å². The minimum Gasteiger partial charge on any atom is -0.493 e. The van der Waals surface area contributed by atoms with E-state index >= 15 is 0 Å². The SMILES string of the molecule is COc1ccccc1OCCC(C)O. The minimum absolute atomic E-state index is 0.329. The topological polar surface area (TPSA) is 38.7 Å². The molecule has 0 saturated carbocycles. The highest BCUT2D eigenvalue weighted by Crippen LogP contribution is 2.25. The fraction of sp³-hybridized carbons (Fsp3) is 0.455. The minimum atomic E-state index is -0.329. The number of methoxy groups -OCH3 is 1. The van der Waals surface area contributed by atoms with Gasteiger partial charge in [0.25, 0.3) is 0 Å². The van der Waals surface area contributed by atoms with Crippen LogP contribution in [0.5, 0.6) is 11.5 Å². The number of ether oxygens (including phenoxy) is 2. The second kappa shape index (κ2) is 5.50. The van der Waals surface area contributed by atoms with Crippen LogP contribution >= 0.6 is 0 Å². The van der Waals surface area contributed by atoms with E-state index in [2.05, 4.69) is 0 Å². The maximum Gasteiger partial charge on any atom is 0.161 e. The van der Waals surface area contributed by atoms with E-state index in [1.165, 1.54) is 0 Å². The first-order chi connectivity index (χ1) is 6.74. The van der Waals surface area contributed by atoms with Crippen LogP contribution in [0.2, 0.25) is 0 Å².